The number of aromatic nitrogens is 5. The number of hydrogen-bond acceptors (Lipinski definition) is 6. The molecule has 3 rings (SSSR count). The van der Waals surface area contributed by atoms with Crippen LogP contribution < -0.4 is 0 Å². The Morgan fingerprint density at radius 3 is 2.55 bits per heavy atom. The van der Waals surface area contributed by atoms with Crippen molar-refractivity contribution in [2.45, 2.75) is 5.92 Å². The number of pyridine rings is 2. The fourth-order valence-electron chi connectivity index (χ4n) is 2.28. The van der Waals surface area contributed by atoms with E-state index < -0.39 is 5.92 Å². The van der Waals surface area contributed by atoms with Crippen LogP contribution in [0.5, 0.6) is 0 Å². The molecule has 0 aliphatic heterocycles. The third-order valence-corrected chi connectivity index (χ3v) is 3.26. The van der Waals surface area contributed by atoms with E-state index in [2.05, 4.69) is 25.4 Å². The van der Waals surface area contributed by atoms with Crippen LogP contribution in [0.2, 0.25) is 0 Å². The molecule has 0 aliphatic rings. The van der Waals surface area contributed by atoms with Crippen LogP contribution in [0.15, 0.2) is 49.1 Å². The van der Waals surface area contributed by atoms with E-state index in [0.717, 1.165) is 11.1 Å². The summed E-state index contributed by atoms with van der Waals surface area (Å²) in [6, 6.07) is 7.15. The predicted octanol–water partition coefficient (Wildman–Crippen LogP) is 1.67. The van der Waals surface area contributed by atoms with E-state index >= 15 is 0 Å². The maximum Gasteiger partial charge on any atom is 0.216 e. The third kappa shape index (κ3) is 2.80. The molecule has 0 aliphatic carbocycles. The van der Waals surface area contributed by atoms with Gasteiger partial charge in [-0.3, -0.25) is 20.1 Å². The smallest absolute Gasteiger partial charge is 0.216 e. The van der Waals surface area contributed by atoms with Gasteiger partial charge in [0.15, 0.2) is 0 Å². The number of nitrogens with one attached hydrogen (secondary N) is 1. The number of hydrogen-bond donors (Lipinski definition) is 1. The highest BCUT2D eigenvalue weighted by atomic mass is 16.6. The molecular weight excluding hydrogens is 284 g/mol. The first-order valence-corrected chi connectivity index (χ1v) is 6.58. The molecule has 1 atom stereocenters. The fourth-order valence-corrected chi connectivity index (χ4v) is 2.28. The second kappa shape index (κ2) is 6.08. The zero-order valence-corrected chi connectivity index (χ0v) is 11.5. The second-order valence-electron chi connectivity index (χ2n) is 4.65. The van der Waals surface area contributed by atoms with Crippen molar-refractivity contribution < 1.29 is 4.92 Å². The number of aromatic amines is 1. The molecule has 0 radical (unpaired) electrons. The average Bonchev–Trinajstić information content (AvgIpc) is 3.03. The molecular formula is C14H12N6O2. The van der Waals surface area contributed by atoms with Gasteiger partial charge in [0.1, 0.15) is 11.4 Å². The van der Waals surface area contributed by atoms with E-state index in [1.54, 1.807) is 43.0 Å². The number of H-pyrrole nitrogens is 1. The Hall–Kier alpha value is -3.16. The first-order chi connectivity index (χ1) is 10.8. The molecule has 0 amide bonds. The van der Waals surface area contributed by atoms with Crippen LogP contribution in [0.4, 0.5) is 0 Å². The highest BCUT2D eigenvalue weighted by Gasteiger charge is 2.27. The lowest BCUT2D eigenvalue weighted by molar-refractivity contribution is -0.481. The Balaban J connectivity index is 2.06. The first kappa shape index (κ1) is 13.8. The molecule has 1 unspecified atom stereocenters. The molecule has 8 heteroatoms. The minimum Gasteiger partial charge on any atom is -0.265 e. The molecule has 3 heterocycles. The largest absolute Gasteiger partial charge is 0.265 e. The van der Waals surface area contributed by atoms with Crippen LogP contribution in [0.1, 0.15) is 17.2 Å². The third-order valence-electron chi connectivity index (χ3n) is 3.26. The summed E-state index contributed by atoms with van der Waals surface area (Å²) in [5, 5.41) is 21.8. The highest BCUT2D eigenvalue weighted by molar-refractivity contribution is 5.61. The lowest BCUT2D eigenvalue weighted by Gasteiger charge is -2.11. The summed E-state index contributed by atoms with van der Waals surface area (Å²) in [6.45, 7) is -0.286. The van der Waals surface area contributed by atoms with Gasteiger partial charge in [-0.2, -0.15) is 15.4 Å². The van der Waals surface area contributed by atoms with E-state index in [1.165, 1.54) is 0 Å². The molecule has 110 valence electrons. The molecule has 8 nitrogen and oxygen atoms in total. The van der Waals surface area contributed by atoms with Gasteiger partial charge in [0.05, 0.1) is 5.92 Å². The predicted molar refractivity (Wildman–Crippen MR) is 77.6 cm³/mol. The van der Waals surface area contributed by atoms with Crippen LogP contribution in [-0.2, 0) is 0 Å². The zero-order chi connectivity index (χ0) is 15.4. The summed E-state index contributed by atoms with van der Waals surface area (Å²) in [5.74, 6) is -0.530. The summed E-state index contributed by atoms with van der Waals surface area (Å²) in [4.78, 5) is 18.8. The van der Waals surface area contributed by atoms with E-state index in [1.807, 2.05) is 6.07 Å². The average molecular weight is 296 g/mol. The van der Waals surface area contributed by atoms with Gasteiger partial charge in [0.25, 0.3) is 0 Å². The second-order valence-corrected chi connectivity index (χ2v) is 4.65. The van der Waals surface area contributed by atoms with Crippen LogP contribution in [0.25, 0.3) is 11.3 Å². The van der Waals surface area contributed by atoms with Crippen molar-refractivity contribution in [1.82, 2.24) is 25.4 Å². The maximum absolute atomic E-state index is 11.0. The number of nitro groups is 1. The van der Waals surface area contributed by atoms with E-state index in [9.17, 15) is 10.1 Å². The van der Waals surface area contributed by atoms with Crippen molar-refractivity contribution >= 4 is 0 Å². The van der Waals surface area contributed by atoms with Crippen LogP contribution in [0.3, 0.4) is 0 Å². The Kier molecular flexibility index (Phi) is 3.82. The van der Waals surface area contributed by atoms with Gasteiger partial charge in [-0.1, -0.05) is 6.07 Å². The van der Waals surface area contributed by atoms with Crippen molar-refractivity contribution in [2.75, 3.05) is 6.54 Å². The number of rotatable bonds is 5. The topological polar surface area (TPSA) is 110 Å². The maximum atomic E-state index is 11.0. The fraction of sp³-hybridized carbons (Fsp3) is 0.143. The summed E-state index contributed by atoms with van der Waals surface area (Å²) < 4.78 is 0. The van der Waals surface area contributed by atoms with Gasteiger partial charge in [0, 0.05) is 35.3 Å². The summed E-state index contributed by atoms with van der Waals surface area (Å²) in [6.07, 6.45) is 6.53. The Morgan fingerprint density at radius 1 is 1.14 bits per heavy atom. The van der Waals surface area contributed by atoms with Crippen molar-refractivity contribution in [2.24, 2.45) is 0 Å². The Bertz CT molecular complexity index is 759. The Labute approximate surface area is 125 Å². The molecule has 3 aromatic heterocycles. The molecule has 0 bridgehead atoms. The van der Waals surface area contributed by atoms with E-state index in [0.29, 0.717) is 11.4 Å². The summed E-state index contributed by atoms with van der Waals surface area (Å²) in [7, 11) is 0. The van der Waals surface area contributed by atoms with E-state index in [4.69, 9.17) is 0 Å². The zero-order valence-electron chi connectivity index (χ0n) is 11.5. The minimum atomic E-state index is -0.530. The summed E-state index contributed by atoms with van der Waals surface area (Å²) >= 11 is 0. The molecule has 3 aromatic rings. The Morgan fingerprint density at radius 2 is 1.91 bits per heavy atom. The van der Waals surface area contributed by atoms with Crippen molar-refractivity contribution in [3.8, 4) is 11.3 Å². The lowest BCUT2D eigenvalue weighted by Crippen LogP contribution is -2.15. The number of nitrogens with zero attached hydrogens (tertiary/aromatic N) is 5. The van der Waals surface area contributed by atoms with E-state index in [-0.39, 0.29) is 11.5 Å². The molecule has 0 saturated heterocycles. The molecule has 1 N–H and O–H groups in total. The van der Waals surface area contributed by atoms with Crippen molar-refractivity contribution in [3.05, 3.63) is 70.4 Å². The normalized spacial score (nSPS) is 12.0. The minimum absolute atomic E-state index is 0.286. The lowest BCUT2D eigenvalue weighted by atomic mass is 9.94. The summed E-state index contributed by atoms with van der Waals surface area (Å²) in [5.41, 5.74) is 2.54. The van der Waals surface area contributed by atoms with Crippen LogP contribution >= 0.6 is 0 Å². The van der Waals surface area contributed by atoms with Gasteiger partial charge < -0.3 is 0 Å². The quantitative estimate of drug-likeness (QED) is 0.566. The highest BCUT2D eigenvalue weighted by Crippen LogP contribution is 2.29. The molecule has 0 spiro atoms. The first-order valence-electron chi connectivity index (χ1n) is 6.58. The van der Waals surface area contributed by atoms with Crippen molar-refractivity contribution in [3.63, 3.8) is 0 Å². The van der Waals surface area contributed by atoms with Gasteiger partial charge in [-0.05, 0) is 23.8 Å². The van der Waals surface area contributed by atoms with Gasteiger partial charge >= 0.3 is 0 Å². The molecule has 0 saturated carbocycles. The van der Waals surface area contributed by atoms with Gasteiger partial charge in [-0.15, -0.1) is 0 Å². The molecule has 0 aromatic carbocycles. The monoisotopic (exact) mass is 296 g/mol. The van der Waals surface area contributed by atoms with Gasteiger partial charge in [-0.25, -0.2) is 0 Å². The van der Waals surface area contributed by atoms with Gasteiger partial charge in [0.2, 0.25) is 6.54 Å². The van der Waals surface area contributed by atoms with Crippen molar-refractivity contribution in [1.29, 1.82) is 0 Å². The standard InChI is InChI=1S/C14H12N6O2/c21-20(22)9-12(10-3-1-5-15-7-10)14-13(17-19-18-14)11-4-2-6-16-8-11/h1-8,12H,9H2,(H,17,18,19). The molecule has 0 fully saturated rings. The van der Waals surface area contributed by atoms with Crippen LogP contribution in [-0.4, -0.2) is 36.8 Å². The van der Waals surface area contributed by atoms with Crippen LogP contribution in [0, 0.1) is 10.1 Å². The molecule has 22 heavy (non-hydrogen) atoms. The SMILES string of the molecule is O=[N+]([O-])CC(c1cccnc1)c1n[nH]nc1-c1cccnc1.